The molecule has 1 aromatic rings. The summed E-state index contributed by atoms with van der Waals surface area (Å²) in [4.78, 5) is 22.5. The van der Waals surface area contributed by atoms with Gasteiger partial charge in [-0.05, 0) is 12.1 Å². The first-order valence-corrected chi connectivity index (χ1v) is 5.50. The van der Waals surface area contributed by atoms with E-state index in [0.717, 1.165) is 25.5 Å². The molecule has 0 amide bonds. The van der Waals surface area contributed by atoms with Crippen LogP contribution in [-0.2, 0) is 14.3 Å². The largest absolute Gasteiger partial charge is 0.500 e. The number of benzene rings is 1. The number of carboxylic acid groups (broad SMARTS) is 1. The molecule has 108 valence electrons. The Kier molecular flexibility index (Phi) is 5.33. The van der Waals surface area contributed by atoms with Gasteiger partial charge in [0.15, 0.2) is 0 Å². The first-order chi connectivity index (χ1) is 9.42. The second-order valence-corrected chi connectivity index (χ2v) is 3.73. The average Bonchev–Trinajstić information content (AvgIpc) is 2.41. The van der Waals surface area contributed by atoms with Crippen LogP contribution in [0.1, 0.15) is 10.4 Å². The van der Waals surface area contributed by atoms with E-state index in [-0.39, 0.29) is 5.75 Å². The maximum Gasteiger partial charge on any atom is 0.377 e. The highest BCUT2D eigenvalue weighted by Crippen LogP contribution is 2.30. The quantitative estimate of drug-likeness (QED) is 0.510. The smallest absolute Gasteiger partial charge is 0.377 e. The van der Waals surface area contributed by atoms with Crippen molar-refractivity contribution < 1.29 is 33.3 Å². The zero-order chi connectivity index (χ0) is 15.3. The summed E-state index contributed by atoms with van der Waals surface area (Å²) in [5.41, 5.74) is -0.613. The van der Waals surface area contributed by atoms with Crippen molar-refractivity contribution in [3.8, 4) is 5.75 Å². The predicted molar refractivity (Wildman–Crippen MR) is 66.1 cm³/mol. The molecule has 0 saturated carbocycles. The summed E-state index contributed by atoms with van der Waals surface area (Å²) in [5.74, 6) is -4.07. The van der Waals surface area contributed by atoms with E-state index < -0.39 is 34.1 Å². The van der Waals surface area contributed by atoms with Crippen LogP contribution >= 0.6 is 11.6 Å². The van der Waals surface area contributed by atoms with E-state index in [1.807, 2.05) is 0 Å². The third kappa shape index (κ3) is 3.39. The maximum absolute atomic E-state index is 13.2. The number of aromatic carboxylic acids is 1. The molecule has 0 unspecified atom stereocenters. The number of esters is 1. The van der Waals surface area contributed by atoms with Crippen molar-refractivity contribution in [2.75, 3.05) is 14.2 Å². The van der Waals surface area contributed by atoms with E-state index in [1.54, 1.807) is 0 Å². The number of hydrogen-bond donors (Lipinski definition) is 1. The van der Waals surface area contributed by atoms with Crippen LogP contribution in [0.3, 0.4) is 0 Å². The predicted octanol–water partition coefficient (Wildman–Crippen LogP) is 2.22. The van der Waals surface area contributed by atoms with Crippen LogP contribution in [-0.4, -0.2) is 31.3 Å². The minimum absolute atomic E-state index is 0.322. The van der Waals surface area contributed by atoms with E-state index in [9.17, 15) is 14.0 Å². The molecule has 6 nitrogen and oxygen atoms in total. The van der Waals surface area contributed by atoms with Gasteiger partial charge >= 0.3 is 11.9 Å². The maximum atomic E-state index is 13.2. The fourth-order valence-corrected chi connectivity index (χ4v) is 1.49. The normalized spacial score (nSPS) is 10.9. The Balaban J connectivity index is 3.27. The van der Waals surface area contributed by atoms with Crippen LogP contribution in [0, 0.1) is 5.82 Å². The van der Waals surface area contributed by atoms with Gasteiger partial charge in [-0.25, -0.2) is 14.0 Å². The van der Waals surface area contributed by atoms with Gasteiger partial charge in [-0.1, -0.05) is 11.6 Å². The molecule has 0 aliphatic rings. The molecule has 1 aromatic carbocycles. The summed E-state index contributed by atoms with van der Waals surface area (Å²) in [6.45, 7) is 0. The first-order valence-electron chi connectivity index (χ1n) is 5.12. The molecular weight excluding hydrogens is 295 g/mol. The fourth-order valence-electron chi connectivity index (χ4n) is 1.26. The van der Waals surface area contributed by atoms with E-state index in [4.69, 9.17) is 21.4 Å². The molecular formula is C12H10ClFO6. The number of hydrogen-bond acceptors (Lipinski definition) is 5. The molecule has 0 fully saturated rings. The molecule has 0 radical (unpaired) electrons. The number of rotatable bonds is 5. The Hall–Kier alpha value is -2.28. The highest BCUT2D eigenvalue weighted by atomic mass is 35.5. The number of carbonyl (C=O) groups excluding carboxylic acids is 1. The number of carboxylic acids is 1. The van der Waals surface area contributed by atoms with E-state index >= 15 is 0 Å². The van der Waals surface area contributed by atoms with Gasteiger partial charge in [-0.15, -0.1) is 0 Å². The molecule has 0 aromatic heterocycles. The molecule has 1 N–H and O–H groups in total. The monoisotopic (exact) mass is 304 g/mol. The van der Waals surface area contributed by atoms with E-state index in [0.29, 0.717) is 0 Å². The highest BCUT2D eigenvalue weighted by Gasteiger charge is 2.22. The van der Waals surface area contributed by atoms with Gasteiger partial charge in [0.25, 0.3) is 0 Å². The molecule has 1 rings (SSSR count). The van der Waals surface area contributed by atoms with Crippen LogP contribution in [0.2, 0.25) is 5.02 Å². The lowest BCUT2D eigenvalue weighted by atomic mass is 10.2. The standard InChI is InChI=1S/C12H10ClFO6/c1-18-5-8(12(17)19-2)20-7-4-3-6(14)10(13)9(7)11(15)16/h3-5H,1-2H3,(H,15,16). The Morgan fingerprint density at radius 3 is 2.50 bits per heavy atom. The zero-order valence-corrected chi connectivity index (χ0v) is 11.2. The molecule has 0 spiro atoms. The Bertz CT molecular complexity index is 569. The lowest BCUT2D eigenvalue weighted by Crippen LogP contribution is -2.13. The second kappa shape index (κ2) is 6.76. The molecule has 0 aliphatic heterocycles. The molecule has 0 bridgehead atoms. The molecule has 8 heteroatoms. The number of halogens is 2. The van der Waals surface area contributed by atoms with Crippen LogP contribution in [0.4, 0.5) is 4.39 Å². The van der Waals surface area contributed by atoms with Crippen molar-refractivity contribution in [1.29, 1.82) is 0 Å². The number of ether oxygens (including phenoxy) is 3. The Morgan fingerprint density at radius 1 is 1.35 bits per heavy atom. The van der Waals surface area contributed by atoms with Crippen LogP contribution in [0.25, 0.3) is 0 Å². The summed E-state index contributed by atoms with van der Waals surface area (Å²) in [7, 11) is 2.35. The van der Waals surface area contributed by atoms with Crippen molar-refractivity contribution in [2.24, 2.45) is 0 Å². The topological polar surface area (TPSA) is 82.1 Å². The minimum Gasteiger partial charge on any atom is -0.500 e. The molecule has 0 heterocycles. The number of carbonyl (C=O) groups is 2. The van der Waals surface area contributed by atoms with Crippen LogP contribution < -0.4 is 4.74 Å². The van der Waals surface area contributed by atoms with Crippen LogP contribution in [0.5, 0.6) is 5.75 Å². The third-order valence-electron chi connectivity index (χ3n) is 2.10. The van der Waals surface area contributed by atoms with Gasteiger partial charge in [-0.3, -0.25) is 0 Å². The summed E-state index contributed by atoms with van der Waals surface area (Å²) < 4.78 is 27.3. The van der Waals surface area contributed by atoms with Crippen molar-refractivity contribution in [3.05, 3.63) is 40.6 Å². The van der Waals surface area contributed by atoms with Crippen molar-refractivity contribution in [2.45, 2.75) is 0 Å². The zero-order valence-electron chi connectivity index (χ0n) is 10.5. The van der Waals surface area contributed by atoms with Crippen molar-refractivity contribution >= 4 is 23.5 Å². The Labute approximate surface area is 118 Å². The minimum atomic E-state index is -1.51. The fraction of sp³-hybridized carbons (Fsp3) is 0.167. The van der Waals surface area contributed by atoms with Crippen LogP contribution in [0.15, 0.2) is 24.2 Å². The SMILES string of the molecule is COC=C(Oc1ccc(F)c(Cl)c1C(=O)O)C(=O)OC. The molecule has 20 heavy (non-hydrogen) atoms. The Morgan fingerprint density at radius 2 is 2.00 bits per heavy atom. The summed E-state index contributed by atoms with van der Waals surface area (Å²) in [6, 6.07) is 1.93. The van der Waals surface area contributed by atoms with E-state index in [2.05, 4.69) is 9.47 Å². The van der Waals surface area contributed by atoms with Gasteiger partial charge in [0.2, 0.25) is 5.76 Å². The average molecular weight is 305 g/mol. The van der Waals surface area contributed by atoms with Gasteiger partial charge < -0.3 is 19.3 Å². The van der Waals surface area contributed by atoms with Gasteiger partial charge in [0, 0.05) is 0 Å². The number of methoxy groups -OCH3 is 2. The van der Waals surface area contributed by atoms with Gasteiger partial charge in [-0.2, -0.15) is 0 Å². The van der Waals surface area contributed by atoms with Gasteiger partial charge in [0.1, 0.15) is 23.4 Å². The van der Waals surface area contributed by atoms with Crippen molar-refractivity contribution in [1.82, 2.24) is 0 Å². The molecule has 0 saturated heterocycles. The molecule has 0 aliphatic carbocycles. The lowest BCUT2D eigenvalue weighted by molar-refractivity contribution is -0.138. The summed E-state index contributed by atoms with van der Waals surface area (Å²) >= 11 is 5.56. The summed E-state index contributed by atoms with van der Waals surface area (Å²) in [5, 5.41) is 8.38. The van der Waals surface area contributed by atoms with Crippen molar-refractivity contribution in [3.63, 3.8) is 0 Å². The second-order valence-electron chi connectivity index (χ2n) is 3.35. The molecule has 0 atom stereocenters. The third-order valence-corrected chi connectivity index (χ3v) is 2.47. The van der Waals surface area contributed by atoms with Gasteiger partial charge in [0.05, 0.1) is 19.2 Å². The first kappa shape index (κ1) is 15.8. The van der Waals surface area contributed by atoms with E-state index in [1.165, 1.54) is 7.11 Å². The highest BCUT2D eigenvalue weighted by molar-refractivity contribution is 6.34. The summed E-state index contributed by atoms with van der Waals surface area (Å²) in [6.07, 6.45) is 0.911. The lowest BCUT2D eigenvalue weighted by Gasteiger charge is -2.11.